The summed E-state index contributed by atoms with van der Waals surface area (Å²) in [6, 6.07) is -5.19. The number of rotatable bonds is 12. The van der Waals surface area contributed by atoms with E-state index in [9.17, 15) is 75.7 Å². The lowest BCUT2D eigenvalue weighted by molar-refractivity contribution is -0.367. The Kier molecular flexibility index (Phi) is 15.1. The van der Waals surface area contributed by atoms with Crippen molar-refractivity contribution in [2.45, 2.75) is 143 Å². The Labute approximate surface area is 307 Å². The first kappa shape index (κ1) is 44.4. The van der Waals surface area contributed by atoms with E-state index in [1.54, 1.807) is 0 Å². The molecule has 54 heavy (non-hydrogen) atoms. The van der Waals surface area contributed by atoms with Gasteiger partial charge in [0.15, 0.2) is 18.9 Å². The molecule has 3 amide bonds. The minimum absolute atomic E-state index is 0.776. The second-order valence-corrected chi connectivity index (χ2v) is 13.6. The molecule has 4 fully saturated rings. The molecule has 4 aliphatic rings. The lowest BCUT2D eigenvalue weighted by Crippen LogP contribution is -2.80. The average Bonchev–Trinajstić information content (AvgIpc) is 3.11. The molecule has 0 aromatic heterocycles. The van der Waals surface area contributed by atoms with E-state index >= 15 is 0 Å². The van der Waals surface area contributed by atoms with Crippen LogP contribution in [0.2, 0.25) is 0 Å². The van der Waals surface area contributed by atoms with Crippen LogP contribution < -0.4 is 16.0 Å². The van der Waals surface area contributed by atoms with Gasteiger partial charge in [-0.15, -0.1) is 0 Å². The highest BCUT2D eigenvalue weighted by Crippen LogP contribution is 2.40. The zero-order valence-corrected chi connectivity index (χ0v) is 29.3. The normalized spacial score (nSPS) is 47.1. The molecule has 0 radical (unpaired) electrons. The van der Waals surface area contributed by atoms with Crippen LogP contribution in [0.5, 0.6) is 0 Å². The van der Waals surface area contributed by atoms with Gasteiger partial charge in [-0.2, -0.15) is 0 Å². The lowest BCUT2D eigenvalue weighted by Gasteiger charge is -2.56. The molecule has 0 bridgehead atoms. The lowest BCUT2D eigenvalue weighted by atomic mass is 9.73. The van der Waals surface area contributed by atoms with Gasteiger partial charge < -0.3 is 106 Å². The van der Waals surface area contributed by atoms with Gasteiger partial charge >= 0.3 is 0 Å². The molecular formula is C30H51N3O21. The van der Waals surface area contributed by atoms with Crippen molar-refractivity contribution in [1.29, 1.82) is 0 Å². The number of nitrogens with one attached hydrogen (secondary N) is 3. The second kappa shape index (κ2) is 18.3. The number of aliphatic hydroxyl groups is 12. The van der Waals surface area contributed by atoms with E-state index in [0.717, 1.165) is 20.8 Å². The monoisotopic (exact) mass is 789 g/mol. The molecular weight excluding hydrogens is 738 g/mol. The van der Waals surface area contributed by atoms with Gasteiger partial charge in [0.25, 0.3) is 0 Å². The molecule has 312 valence electrons. The Bertz CT molecular complexity index is 1280. The topological polar surface area (TPSA) is 385 Å². The Balaban J connectivity index is 1.66. The number of aliphatic hydroxyl groups excluding tert-OH is 11. The molecule has 4 heterocycles. The fourth-order valence-electron chi connectivity index (χ4n) is 7.21. The summed E-state index contributed by atoms with van der Waals surface area (Å²) in [5, 5.41) is 135. The van der Waals surface area contributed by atoms with Gasteiger partial charge in [-0.05, 0) is 0 Å². The molecule has 24 heteroatoms. The minimum Gasteiger partial charge on any atom is -0.394 e. The van der Waals surface area contributed by atoms with Crippen LogP contribution in [-0.2, 0) is 42.8 Å². The number of carbonyl (C=O) groups is 3. The maximum Gasteiger partial charge on any atom is 0.217 e. The first-order valence-electron chi connectivity index (χ1n) is 17.0. The highest BCUT2D eigenvalue weighted by molar-refractivity contribution is 5.74. The molecule has 0 aromatic carbocycles. The highest BCUT2D eigenvalue weighted by atomic mass is 16.7. The van der Waals surface area contributed by atoms with Gasteiger partial charge in [0.05, 0.1) is 32.5 Å². The fraction of sp³-hybridized carbons (Fsp3) is 0.900. The Morgan fingerprint density at radius 1 is 0.556 bits per heavy atom. The van der Waals surface area contributed by atoms with E-state index in [-0.39, 0.29) is 0 Å². The molecule has 24 nitrogen and oxygen atoms in total. The van der Waals surface area contributed by atoms with Gasteiger partial charge in [-0.1, -0.05) is 0 Å². The van der Waals surface area contributed by atoms with Crippen LogP contribution in [0, 0.1) is 0 Å². The smallest absolute Gasteiger partial charge is 0.217 e. The van der Waals surface area contributed by atoms with Crippen molar-refractivity contribution in [3.05, 3.63) is 0 Å². The third kappa shape index (κ3) is 8.80. The van der Waals surface area contributed by atoms with Crippen LogP contribution in [0.4, 0.5) is 0 Å². The molecule has 4 aliphatic heterocycles. The van der Waals surface area contributed by atoms with Crippen molar-refractivity contribution < 1.29 is 104 Å². The number of carbonyl (C=O) groups excluding carboxylic acids is 3. The van der Waals surface area contributed by atoms with Crippen LogP contribution in [0.1, 0.15) is 20.8 Å². The molecule has 0 aromatic rings. The standard InChI is InChI=1S/C30H51N3O21/c1-8(38)31-15-19(42)23(12(5-35)49-26(15)30(48)14(7-37)52-27(47)17(25(30)46)33-10(3)40)53-28-16(32-9(2)39)20(43)24(13(6-36)51-28)54-29-22(45)21(44)18(41)11(4-34)50-29/h11-29,34-37,41-48H,4-7H2,1-3H3,(H,31,38)(H,32,39)(H,33,40)/t11-,12-,13-,14-,15-,16-,17-,18+,19-,20-,21+,22-,23-,24-,25-,26-,27?,28+,29+,30-/m1/s1. The Morgan fingerprint density at radius 2 is 1.02 bits per heavy atom. The predicted octanol–water partition coefficient (Wildman–Crippen LogP) is -9.93. The fourth-order valence-corrected chi connectivity index (χ4v) is 7.21. The van der Waals surface area contributed by atoms with Crippen LogP contribution in [0.25, 0.3) is 0 Å². The van der Waals surface area contributed by atoms with Crippen molar-refractivity contribution in [1.82, 2.24) is 16.0 Å². The van der Waals surface area contributed by atoms with E-state index in [4.69, 9.17) is 28.4 Å². The summed E-state index contributed by atoms with van der Waals surface area (Å²) in [6.07, 6.45) is -29.5. The molecule has 4 saturated heterocycles. The zero-order chi connectivity index (χ0) is 40.4. The van der Waals surface area contributed by atoms with E-state index in [1.807, 2.05) is 0 Å². The van der Waals surface area contributed by atoms with E-state index in [2.05, 4.69) is 16.0 Å². The van der Waals surface area contributed by atoms with Crippen molar-refractivity contribution in [2.24, 2.45) is 0 Å². The summed E-state index contributed by atoms with van der Waals surface area (Å²) < 4.78 is 34.1. The third-order valence-electron chi connectivity index (χ3n) is 9.85. The third-order valence-corrected chi connectivity index (χ3v) is 9.85. The second-order valence-electron chi connectivity index (χ2n) is 13.6. The quantitative estimate of drug-likeness (QED) is 0.0872. The molecule has 0 spiro atoms. The number of hydrogen-bond acceptors (Lipinski definition) is 21. The van der Waals surface area contributed by atoms with Gasteiger partial charge in [-0.3, -0.25) is 14.4 Å². The van der Waals surface area contributed by atoms with E-state index in [0.29, 0.717) is 0 Å². The van der Waals surface area contributed by atoms with E-state index in [1.165, 1.54) is 0 Å². The van der Waals surface area contributed by atoms with Crippen LogP contribution in [0.3, 0.4) is 0 Å². The van der Waals surface area contributed by atoms with Crippen molar-refractivity contribution in [2.75, 3.05) is 26.4 Å². The van der Waals surface area contributed by atoms with Crippen LogP contribution in [-0.4, -0.2) is 227 Å². The van der Waals surface area contributed by atoms with Crippen molar-refractivity contribution in [3.8, 4) is 0 Å². The summed E-state index contributed by atoms with van der Waals surface area (Å²) in [4.78, 5) is 36.6. The predicted molar refractivity (Wildman–Crippen MR) is 169 cm³/mol. The van der Waals surface area contributed by atoms with Gasteiger partial charge in [0, 0.05) is 20.8 Å². The van der Waals surface area contributed by atoms with Crippen molar-refractivity contribution >= 4 is 17.7 Å². The molecule has 20 atom stereocenters. The van der Waals surface area contributed by atoms with Gasteiger partial charge in [-0.25, -0.2) is 0 Å². The number of amides is 3. The first-order valence-corrected chi connectivity index (χ1v) is 17.0. The molecule has 0 saturated carbocycles. The van der Waals surface area contributed by atoms with Gasteiger partial charge in [0.2, 0.25) is 17.7 Å². The zero-order valence-electron chi connectivity index (χ0n) is 29.3. The molecule has 0 aliphatic carbocycles. The number of hydrogen-bond donors (Lipinski definition) is 15. The summed E-state index contributed by atoms with van der Waals surface area (Å²) in [5.74, 6) is -2.39. The molecule has 1 unspecified atom stereocenters. The molecule has 15 N–H and O–H groups in total. The van der Waals surface area contributed by atoms with E-state index < -0.39 is 166 Å². The highest BCUT2D eigenvalue weighted by Gasteiger charge is 2.65. The average molecular weight is 790 g/mol. The summed E-state index contributed by atoms with van der Waals surface area (Å²) in [7, 11) is 0. The Morgan fingerprint density at radius 3 is 1.54 bits per heavy atom. The number of ether oxygens (including phenoxy) is 6. The van der Waals surface area contributed by atoms with Crippen molar-refractivity contribution in [3.63, 3.8) is 0 Å². The van der Waals surface area contributed by atoms with Crippen LogP contribution in [0.15, 0.2) is 0 Å². The summed E-state index contributed by atoms with van der Waals surface area (Å²) in [6.45, 7) is -0.769. The van der Waals surface area contributed by atoms with Gasteiger partial charge in [0.1, 0.15) is 97.0 Å². The largest absolute Gasteiger partial charge is 0.394 e. The molecule has 4 rings (SSSR count). The first-order chi connectivity index (χ1) is 25.3. The van der Waals surface area contributed by atoms with Crippen LogP contribution >= 0.6 is 0 Å². The summed E-state index contributed by atoms with van der Waals surface area (Å²) >= 11 is 0. The maximum atomic E-state index is 12.4. The minimum atomic E-state index is -2.85. The maximum absolute atomic E-state index is 12.4. The Hall–Kier alpha value is -2.31. The summed E-state index contributed by atoms with van der Waals surface area (Å²) in [5.41, 5.74) is -2.85. The SMILES string of the molecule is CC(=O)N[C@@H]1[C@@H](O)[C@H](O[C@@H]2O[C@H](CO)[C@@H](O[C@@H]3O[C@H](CO)[C@H](O)[C@H](O)[C@H]3O)[C@H](O)[C@H]2NC(C)=O)[C@@H](CO)O[C@H]1[C@]1(O)[C@H](O)[C@@H](NC(C)=O)C(O)O[C@@H]1CO.